The molecule has 0 aliphatic heterocycles. The van der Waals surface area contributed by atoms with E-state index in [1.54, 1.807) is 0 Å². The van der Waals surface area contributed by atoms with Gasteiger partial charge in [0.05, 0.1) is 0 Å². The van der Waals surface area contributed by atoms with Crippen LogP contribution in [0.1, 0.15) is 0 Å². The highest BCUT2D eigenvalue weighted by molar-refractivity contribution is 6.20. The third-order valence-electron chi connectivity index (χ3n) is 13.3. The lowest BCUT2D eigenvalue weighted by molar-refractivity contribution is 0.665. The van der Waals surface area contributed by atoms with Crippen molar-refractivity contribution in [2.24, 2.45) is 0 Å². The maximum absolute atomic E-state index is 6.89. The average Bonchev–Trinajstić information content (AvgIpc) is 3.97. The van der Waals surface area contributed by atoms with Gasteiger partial charge in [-0.15, -0.1) is 0 Å². The first-order valence-electron chi connectivity index (χ1n) is 22.2. The minimum Gasteiger partial charge on any atom is -0.455 e. The lowest BCUT2D eigenvalue weighted by Gasteiger charge is -2.14. The first-order chi connectivity index (χ1) is 32.7. The molecule has 3 heterocycles. The van der Waals surface area contributed by atoms with E-state index in [0.717, 1.165) is 110 Å². The minimum atomic E-state index is 0.596. The minimum absolute atomic E-state index is 0.596. The predicted octanol–water partition coefficient (Wildman–Crippen LogP) is 16.6. The summed E-state index contributed by atoms with van der Waals surface area (Å²) < 4.78 is 13.4. The van der Waals surface area contributed by atoms with Gasteiger partial charge in [0.2, 0.25) is 0 Å². The van der Waals surface area contributed by atoms with Crippen LogP contribution in [0, 0.1) is 0 Å². The number of hydrogen-bond donors (Lipinski definition) is 0. The van der Waals surface area contributed by atoms with Crippen LogP contribution in [0.4, 0.5) is 0 Å². The van der Waals surface area contributed by atoms with Crippen LogP contribution in [0.2, 0.25) is 0 Å². The zero-order chi connectivity index (χ0) is 43.3. The van der Waals surface area contributed by atoms with Gasteiger partial charge in [0, 0.05) is 49.4 Å². The molecule has 14 aromatic rings. The molecule has 0 amide bonds. The van der Waals surface area contributed by atoms with Crippen molar-refractivity contribution in [3.8, 4) is 56.4 Å². The first-order valence-corrected chi connectivity index (χ1v) is 22.2. The molecular weight excluding hydrogens is 807 g/mol. The van der Waals surface area contributed by atoms with Crippen LogP contribution in [0.3, 0.4) is 0 Å². The molecule has 11 aromatic carbocycles. The van der Waals surface area contributed by atoms with E-state index >= 15 is 0 Å². The summed E-state index contributed by atoms with van der Waals surface area (Å²) in [6, 6.07) is 74.6. The van der Waals surface area contributed by atoms with Crippen LogP contribution >= 0.6 is 0 Å². The second kappa shape index (κ2) is 14.3. The lowest BCUT2D eigenvalue weighted by Crippen LogP contribution is -2.00. The maximum atomic E-state index is 6.89. The zero-order valence-corrected chi connectivity index (χ0v) is 35.4. The van der Waals surface area contributed by atoms with Crippen LogP contribution in [-0.4, -0.2) is 15.0 Å². The Kier molecular flexibility index (Phi) is 7.91. The Hall–Kier alpha value is -8.93. The number of rotatable bonds is 5. The zero-order valence-electron chi connectivity index (χ0n) is 35.4. The highest BCUT2D eigenvalue weighted by Gasteiger charge is 2.22. The summed E-state index contributed by atoms with van der Waals surface area (Å²) in [7, 11) is 0. The quantitative estimate of drug-likeness (QED) is 0.162. The van der Waals surface area contributed by atoms with Crippen molar-refractivity contribution in [1.82, 2.24) is 15.0 Å². The third kappa shape index (κ3) is 5.70. The normalized spacial score (nSPS) is 11.9. The van der Waals surface area contributed by atoms with E-state index in [1.165, 1.54) is 16.2 Å². The van der Waals surface area contributed by atoms with Crippen LogP contribution in [-0.2, 0) is 0 Å². The summed E-state index contributed by atoms with van der Waals surface area (Å²) in [4.78, 5) is 15.9. The number of hydrogen-bond acceptors (Lipinski definition) is 5. The van der Waals surface area contributed by atoms with Crippen LogP contribution in [0.25, 0.3) is 143 Å². The molecule has 0 atom stereocenters. The van der Waals surface area contributed by atoms with E-state index in [2.05, 4.69) is 200 Å². The van der Waals surface area contributed by atoms with Crippen LogP contribution in [0.15, 0.2) is 221 Å². The molecule has 0 unspecified atom stereocenters. The molecule has 5 nitrogen and oxygen atoms in total. The number of aromatic nitrogens is 3. The van der Waals surface area contributed by atoms with Crippen molar-refractivity contribution in [3.63, 3.8) is 0 Å². The topological polar surface area (TPSA) is 65.0 Å². The number of fused-ring (bicyclic) bond motifs is 11. The fraction of sp³-hybridized carbons (Fsp3) is 0. The molecular formula is C61H35N3O2. The Morgan fingerprint density at radius 3 is 1.56 bits per heavy atom. The van der Waals surface area contributed by atoms with Gasteiger partial charge >= 0.3 is 0 Å². The summed E-state index contributed by atoms with van der Waals surface area (Å²) in [5.41, 5.74) is 10.2. The molecule has 0 aliphatic rings. The van der Waals surface area contributed by atoms with E-state index in [-0.39, 0.29) is 0 Å². The SMILES string of the molecule is c1ccc2cc(-c3nc(-c4cc(-c5cccc6oc7c(-c8cccc9c8oc8ccccc89)cccc7c56)c5ccccc5c4)nc(-c4ccc5ccc6ccccc6c5c4)n3)ccc2c1. The smallest absolute Gasteiger partial charge is 0.164 e. The van der Waals surface area contributed by atoms with Crippen molar-refractivity contribution in [1.29, 1.82) is 0 Å². The van der Waals surface area contributed by atoms with Gasteiger partial charge in [0.25, 0.3) is 0 Å². The van der Waals surface area contributed by atoms with Gasteiger partial charge in [0.15, 0.2) is 17.5 Å². The Morgan fingerprint density at radius 2 is 0.758 bits per heavy atom. The van der Waals surface area contributed by atoms with Crippen molar-refractivity contribution in [3.05, 3.63) is 212 Å². The molecule has 0 saturated heterocycles. The Balaban J connectivity index is 0.986. The van der Waals surface area contributed by atoms with Crippen molar-refractivity contribution < 1.29 is 8.83 Å². The fourth-order valence-corrected chi connectivity index (χ4v) is 10.1. The van der Waals surface area contributed by atoms with Gasteiger partial charge in [0.1, 0.15) is 22.3 Å². The van der Waals surface area contributed by atoms with E-state index in [4.69, 9.17) is 23.8 Å². The van der Waals surface area contributed by atoms with Gasteiger partial charge < -0.3 is 8.83 Å². The van der Waals surface area contributed by atoms with E-state index < -0.39 is 0 Å². The van der Waals surface area contributed by atoms with Gasteiger partial charge in [-0.2, -0.15) is 0 Å². The summed E-state index contributed by atoms with van der Waals surface area (Å²) in [6.07, 6.45) is 0. The third-order valence-corrected chi connectivity index (χ3v) is 13.3. The second-order valence-electron chi connectivity index (χ2n) is 17.1. The van der Waals surface area contributed by atoms with Crippen molar-refractivity contribution in [2.45, 2.75) is 0 Å². The Morgan fingerprint density at radius 1 is 0.258 bits per heavy atom. The standard InChI is InChI=1S/C61H35N3O2/c1-2-14-39-32-41(30-26-36(39)12-1)59-62-60(42-31-29-38-28-27-37-13-3-5-16-44(37)52(38)34-42)64-61(63-59)43-33-40-15-4-6-17-45(40)53(35-43)47-19-11-25-55-56(47)51-23-10-22-50(58(51)66-55)49-21-9-20-48-46-18-7-8-24-54(46)65-57(48)49/h1-35H. The molecule has 5 heteroatoms. The van der Waals surface area contributed by atoms with Gasteiger partial charge in [-0.05, 0) is 90.6 Å². The molecule has 66 heavy (non-hydrogen) atoms. The summed E-state index contributed by atoms with van der Waals surface area (Å²) in [5, 5.41) is 13.5. The average molecular weight is 842 g/mol. The molecule has 0 radical (unpaired) electrons. The molecule has 0 fully saturated rings. The largest absolute Gasteiger partial charge is 0.455 e. The molecule has 0 saturated carbocycles. The molecule has 306 valence electrons. The summed E-state index contributed by atoms with van der Waals surface area (Å²) in [6.45, 7) is 0. The second-order valence-corrected chi connectivity index (χ2v) is 17.1. The van der Waals surface area contributed by atoms with E-state index in [9.17, 15) is 0 Å². The van der Waals surface area contributed by atoms with Gasteiger partial charge in [-0.3, -0.25) is 0 Å². The number of nitrogens with zero attached hydrogens (tertiary/aromatic N) is 3. The van der Waals surface area contributed by atoms with Crippen molar-refractivity contribution in [2.75, 3.05) is 0 Å². The lowest BCUT2D eigenvalue weighted by atomic mass is 9.92. The predicted molar refractivity (Wildman–Crippen MR) is 272 cm³/mol. The number of para-hydroxylation sites is 3. The first kappa shape index (κ1) is 36.5. The summed E-state index contributed by atoms with van der Waals surface area (Å²) >= 11 is 0. The van der Waals surface area contributed by atoms with Crippen molar-refractivity contribution >= 4 is 87.0 Å². The van der Waals surface area contributed by atoms with Crippen LogP contribution in [0.5, 0.6) is 0 Å². The summed E-state index contributed by atoms with van der Waals surface area (Å²) in [5.74, 6) is 1.82. The highest BCUT2D eigenvalue weighted by Crippen LogP contribution is 2.45. The Labute approximate surface area is 377 Å². The van der Waals surface area contributed by atoms with Gasteiger partial charge in [-0.25, -0.2) is 15.0 Å². The van der Waals surface area contributed by atoms with E-state index in [0.29, 0.717) is 17.5 Å². The molecule has 0 N–H and O–H groups in total. The molecule has 0 aliphatic carbocycles. The highest BCUT2D eigenvalue weighted by atomic mass is 16.3. The fourth-order valence-electron chi connectivity index (χ4n) is 10.1. The van der Waals surface area contributed by atoms with E-state index in [1.807, 2.05) is 12.1 Å². The van der Waals surface area contributed by atoms with Gasteiger partial charge in [-0.1, -0.05) is 176 Å². The maximum Gasteiger partial charge on any atom is 0.164 e. The molecule has 14 rings (SSSR count). The molecule has 0 spiro atoms. The number of furan rings is 2. The van der Waals surface area contributed by atoms with Crippen LogP contribution < -0.4 is 0 Å². The molecule has 0 bridgehead atoms. The number of benzene rings is 11. The Bertz CT molecular complexity index is 4310. The molecule has 3 aromatic heterocycles. The monoisotopic (exact) mass is 841 g/mol.